The Balaban J connectivity index is 1.82. The third kappa shape index (κ3) is 2.58. The Morgan fingerprint density at radius 1 is 1.45 bits per heavy atom. The summed E-state index contributed by atoms with van der Waals surface area (Å²) in [6, 6.07) is 10.4. The van der Waals surface area contributed by atoms with Crippen LogP contribution in [0.1, 0.15) is 28.6 Å². The molecule has 1 aliphatic rings. The van der Waals surface area contributed by atoms with Crippen molar-refractivity contribution in [3.05, 3.63) is 53.5 Å². The molecule has 4 heteroatoms. The maximum Gasteiger partial charge on any atom is 0.255 e. The lowest BCUT2D eigenvalue weighted by molar-refractivity contribution is 0.0956. The molecular formula is C18H18N2O2. The Labute approximate surface area is 130 Å². The van der Waals surface area contributed by atoms with Gasteiger partial charge in [0.05, 0.1) is 24.9 Å². The first-order valence-corrected chi connectivity index (χ1v) is 7.33. The fourth-order valence-corrected chi connectivity index (χ4v) is 2.92. The van der Waals surface area contributed by atoms with E-state index in [1.165, 1.54) is 11.3 Å². The minimum absolute atomic E-state index is 0.193. The van der Waals surface area contributed by atoms with Gasteiger partial charge in [0.1, 0.15) is 5.76 Å². The van der Waals surface area contributed by atoms with Crippen LogP contribution < -0.4 is 10.2 Å². The van der Waals surface area contributed by atoms with E-state index in [0.29, 0.717) is 23.9 Å². The van der Waals surface area contributed by atoms with Crippen LogP contribution in [0.5, 0.6) is 0 Å². The molecule has 1 unspecified atom stereocenters. The van der Waals surface area contributed by atoms with Gasteiger partial charge in [0.2, 0.25) is 0 Å². The summed E-state index contributed by atoms with van der Waals surface area (Å²) < 4.78 is 5.54. The van der Waals surface area contributed by atoms with E-state index in [1.807, 2.05) is 6.07 Å². The lowest BCUT2D eigenvalue weighted by Crippen LogP contribution is -2.30. The van der Waals surface area contributed by atoms with Crippen LogP contribution in [-0.4, -0.2) is 18.5 Å². The maximum atomic E-state index is 12.1. The normalized spacial score (nSPS) is 16.2. The number of hydrogen-bond acceptors (Lipinski definition) is 3. The summed E-state index contributed by atoms with van der Waals surface area (Å²) in [6.07, 6.45) is 7.73. The molecule has 1 aromatic heterocycles. The average Bonchev–Trinajstić information content (AvgIpc) is 3.10. The Morgan fingerprint density at radius 2 is 2.27 bits per heavy atom. The van der Waals surface area contributed by atoms with E-state index in [1.54, 1.807) is 12.3 Å². The second-order valence-electron chi connectivity index (χ2n) is 5.45. The molecule has 0 fully saturated rings. The lowest BCUT2D eigenvalue weighted by atomic mass is 10.1. The van der Waals surface area contributed by atoms with Gasteiger partial charge < -0.3 is 14.6 Å². The van der Waals surface area contributed by atoms with E-state index < -0.39 is 0 Å². The molecule has 2 heterocycles. The zero-order chi connectivity index (χ0) is 15.5. The van der Waals surface area contributed by atoms with Crippen molar-refractivity contribution in [2.24, 2.45) is 0 Å². The average molecular weight is 294 g/mol. The second kappa shape index (κ2) is 5.98. The fraction of sp³-hybridized carbons (Fsp3) is 0.278. The SMILES string of the molecule is C#CCNC(=O)c1ccoc1CN1c2ccccc2CC1C. The van der Waals surface area contributed by atoms with Crippen molar-refractivity contribution in [2.75, 3.05) is 11.4 Å². The Bertz CT molecular complexity index is 727. The molecule has 112 valence electrons. The number of nitrogens with zero attached hydrogens (tertiary/aromatic N) is 1. The number of furan rings is 1. The topological polar surface area (TPSA) is 45.5 Å². The third-order valence-corrected chi connectivity index (χ3v) is 4.00. The van der Waals surface area contributed by atoms with Gasteiger partial charge in [0.15, 0.2) is 0 Å². The van der Waals surface area contributed by atoms with Gasteiger partial charge in [-0.15, -0.1) is 6.42 Å². The molecule has 2 aromatic rings. The molecule has 0 aliphatic carbocycles. The predicted octanol–water partition coefficient (Wildman–Crippen LogP) is 2.59. The predicted molar refractivity (Wildman–Crippen MR) is 85.7 cm³/mol. The van der Waals surface area contributed by atoms with Crippen molar-refractivity contribution < 1.29 is 9.21 Å². The Kier molecular flexibility index (Phi) is 3.88. The largest absolute Gasteiger partial charge is 0.467 e. The Hall–Kier alpha value is -2.67. The minimum Gasteiger partial charge on any atom is -0.467 e. The van der Waals surface area contributed by atoms with E-state index in [0.717, 1.165) is 6.42 Å². The van der Waals surface area contributed by atoms with Crippen LogP contribution in [0.25, 0.3) is 0 Å². The first kappa shape index (κ1) is 14.3. The molecule has 0 radical (unpaired) electrons. The summed E-state index contributed by atoms with van der Waals surface area (Å²) in [5, 5.41) is 2.68. The zero-order valence-electron chi connectivity index (χ0n) is 12.5. The molecule has 1 N–H and O–H groups in total. The molecule has 3 rings (SSSR count). The minimum atomic E-state index is -0.193. The highest BCUT2D eigenvalue weighted by Crippen LogP contribution is 2.33. The number of para-hydroxylation sites is 1. The van der Waals surface area contributed by atoms with Crippen LogP contribution >= 0.6 is 0 Å². The van der Waals surface area contributed by atoms with Crippen molar-refractivity contribution >= 4 is 11.6 Å². The molecule has 1 amide bonds. The lowest BCUT2D eigenvalue weighted by Gasteiger charge is -2.24. The number of rotatable bonds is 4. The number of carbonyl (C=O) groups is 1. The van der Waals surface area contributed by atoms with Crippen LogP contribution in [0, 0.1) is 12.3 Å². The van der Waals surface area contributed by atoms with Crippen LogP contribution in [0.15, 0.2) is 41.0 Å². The van der Waals surface area contributed by atoms with Gasteiger partial charge in [-0.1, -0.05) is 24.1 Å². The Morgan fingerprint density at radius 3 is 3.09 bits per heavy atom. The maximum absolute atomic E-state index is 12.1. The number of benzene rings is 1. The number of amides is 1. The van der Waals surface area contributed by atoms with E-state index in [4.69, 9.17) is 10.8 Å². The highest BCUT2D eigenvalue weighted by Gasteiger charge is 2.27. The molecule has 1 atom stereocenters. The van der Waals surface area contributed by atoms with Gasteiger partial charge in [0.25, 0.3) is 5.91 Å². The summed E-state index contributed by atoms with van der Waals surface area (Å²) in [5.41, 5.74) is 3.09. The van der Waals surface area contributed by atoms with Crippen molar-refractivity contribution in [3.63, 3.8) is 0 Å². The van der Waals surface area contributed by atoms with Crippen molar-refractivity contribution in [1.82, 2.24) is 5.32 Å². The number of hydrogen-bond donors (Lipinski definition) is 1. The van der Waals surface area contributed by atoms with Gasteiger partial charge in [0, 0.05) is 11.7 Å². The zero-order valence-corrected chi connectivity index (χ0v) is 12.5. The fourth-order valence-electron chi connectivity index (χ4n) is 2.92. The molecule has 0 saturated heterocycles. The van der Waals surface area contributed by atoms with Crippen molar-refractivity contribution in [3.8, 4) is 12.3 Å². The molecule has 0 bridgehead atoms. The monoisotopic (exact) mass is 294 g/mol. The number of anilines is 1. The van der Waals surface area contributed by atoms with Gasteiger partial charge in [-0.3, -0.25) is 4.79 Å². The van der Waals surface area contributed by atoms with Crippen LogP contribution in [0.2, 0.25) is 0 Å². The highest BCUT2D eigenvalue weighted by molar-refractivity contribution is 5.95. The molecule has 4 nitrogen and oxygen atoms in total. The van der Waals surface area contributed by atoms with Gasteiger partial charge >= 0.3 is 0 Å². The van der Waals surface area contributed by atoms with Crippen molar-refractivity contribution in [1.29, 1.82) is 0 Å². The van der Waals surface area contributed by atoms with E-state index in [2.05, 4.69) is 41.3 Å². The van der Waals surface area contributed by atoms with Gasteiger partial charge in [-0.25, -0.2) is 0 Å². The van der Waals surface area contributed by atoms with E-state index in [9.17, 15) is 4.79 Å². The first-order chi connectivity index (χ1) is 10.7. The van der Waals surface area contributed by atoms with Crippen LogP contribution in [0.3, 0.4) is 0 Å². The number of nitrogens with one attached hydrogen (secondary N) is 1. The summed E-state index contributed by atoms with van der Waals surface area (Å²) in [6.45, 7) is 2.97. The highest BCUT2D eigenvalue weighted by atomic mass is 16.3. The quantitative estimate of drug-likeness (QED) is 0.882. The third-order valence-electron chi connectivity index (χ3n) is 4.00. The van der Waals surface area contributed by atoms with Gasteiger partial charge in [-0.05, 0) is 31.0 Å². The van der Waals surface area contributed by atoms with Crippen LogP contribution in [-0.2, 0) is 13.0 Å². The standard InChI is InChI=1S/C18H18N2O2/c1-3-9-19-18(21)15-8-10-22-17(15)12-20-13(2)11-14-6-4-5-7-16(14)20/h1,4-8,10,13H,9,11-12H2,2H3,(H,19,21). The molecular weight excluding hydrogens is 276 g/mol. The molecule has 22 heavy (non-hydrogen) atoms. The van der Waals surface area contributed by atoms with E-state index >= 15 is 0 Å². The molecule has 0 saturated carbocycles. The number of fused-ring (bicyclic) bond motifs is 1. The second-order valence-corrected chi connectivity index (χ2v) is 5.45. The number of carbonyl (C=O) groups excluding carboxylic acids is 1. The van der Waals surface area contributed by atoms with Gasteiger partial charge in [-0.2, -0.15) is 0 Å². The summed E-state index contributed by atoms with van der Waals surface area (Å²) in [7, 11) is 0. The van der Waals surface area contributed by atoms with E-state index in [-0.39, 0.29) is 12.5 Å². The molecule has 0 spiro atoms. The van der Waals surface area contributed by atoms with Crippen LogP contribution in [0.4, 0.5) is 5.69 Å². The molecule has 1 aliphatic heterocycles. The number of terminal acetylenes is 1. The molecule has 1 aromatic carbocycles. The smallest absolute Gasteiger partial charge is 0.255 e. The summed E-state index contributed by atoms with van der Waals surface area (Å²) >= 11 is 0. The van der Waals surface area contributed by atoms with Crippen molar-refractivity contribution in [2.45, 2.75) is 25.9 Å². The summed E-state index contributed by atoms with van der Waals surface area (Å²) in [4.78, 5) is 14.4. The first-order valence-electron chi connectivity index (χ1n) is 7.33. The summed E-state index contributed by atoms with van der Waals surface area (Å²) in [5.74, 6) is 2.87.